The van der Waals surface area contributed by atoms with Crippen LogP contribution in [-0.2, 0) is 17.4 Å². The quantitative estimate of drug-likeness (QED) is 0.868. The highest BCUT2D eigenvalue weighted by molar-refractivity contribution is 9.10. The molecule has 0 saturated carbocycles. The second-order valence-electron chi connectivity index (χ2n) is 4.32. The van der Waals surface area contributed by atoms with E-state index in [9.17, 15) is 0 Å². The fraction of sp³-hybridized carbons (Fsp3) is 0.333. The maximum Gasteiger partial charge on any atom is 0.317 e. The van der Waals surface area contributed by atoms with E-state index in [0.717, 1.165) is 10.0 Å². The van der Waals surface area contributed by atoms with Crippen molar-refractivity contribution >= 4 is 15.9 Å². The summed E-state index contributed by atoms with van der Waals surface area (Å²) in [6, 6.07) is 8.54. The van der Waals surface area contributed by atoms with E-state index in [0.29, 0.717) is 19.2 Å². The molecule has 0 aliphatic carbocycles. The molecular weight excluding hydrogens is 298 g/mol. The zero-order chi connectivity index (χ0) is 12.6. The Morgan fingerprint density at radius 2 is 2.28 bits per heavy atom. The van der Waals surface area contributed by atoms with Crippen LogP contribution in [0.25, 0.3) is 0 Å². The van der Waals surface area contributed by atoms with Crippen LogP contribution >= 0.6 is 15.9 Å². The van der Waals surface area contributed by atoms with E-state index in [2.05, 4.69) is 26.1 Å². The lowest BCUT2D eigenvalue weighted by atomic mass is 9.92. The van der Waals surface area contributed by atoms with Gasteiger partial charge in [-0.1, -0.05) is 33.2 Å². The number of hydrogen-bond donors (Lipinski definition) is 0. The van der Waals surface area contributed by atoms with Crippen LogP contribution in [0.2, 0.25) is 0 Å². The SMILES string of the molecule is Cn1cnnc1OC1(c2cccc(Br)c2)COC1. The molecule has 0 amide bonds. The number of halogens is 1. The van der Waals surface area contributed by atoms with Crippen molar-refractivity contribution in [1.29, 1.82) is 0 Å². The Kier molecular flexibility index (Phi) is 2.83. The number of benzene rings is 1. The topological polar surface area (TPSA) is 49.2 Å². The van der Waals surface area contributed by atoms with Gasteiger partial charge in [0.05, 0.1) is 13.2 Å². The molecule has 1 fully saturated rings. The predicted octanol–water partition coefficient (Wildman–Crippen LogP) is 1.88. The molecule has 1 aromatic carbocycles. The Hall–Kier alpha value is -1.40. The van der Waals surface area contributed by atoms with E-state index < -0.39 is 5.60 Å². The fourth-order valence-electron chi connectivity index (χ4n) is 1.88. The van der Waals surface area contributed by atoms with E-state index in [1.807, 2.05) is 31.3 Å². The monoisotopic (exact) mass is 309 g/mol. The van der Waals surface area contributed by atoms with Crippen molar-refractivity contribution in [1.82, 2.24) is 14.8 Å². The second kappa shape index (κ2) is 4.37. The Morgan fingerprint density at radius 1 is 1.44 bits per heavy atom. The zero-order valence-corrected chi connectivity index (χ0v) is 11.4. The molecule has 1 aliphatic heterocycles. The van der Waals surface area contributed by atoms with Gasteiger partial charge in [-0.25, -0.2) is 0 Å². The first-order chi connectivity index (χ1) is 8.70. The number of rotatable bonds is 3. The van der Waals surface area contributed by atoms with Crippen LogP contribution in [-0.4, -0.2) is 28.0 Å². The maximum absolute atomic E-state index is 5.99. The minimum atomic E-state index is -0.454. The average molecular weight is 310 g/mol. The smallest absolute Gasteiger partial charge is 0.317 e. The lowest BCUT2D eigenvalue weighted by Gasteiger charge is -2.40. The zero-order valence-electron chi connectivity index (χ0n) is 9.84. The molecule has 1 saturated heterocycles. The Morgan fingerprint density at radius 3 is 2.83 bits per heavy atom. The number of nitrogens with zero attached hydrogens (tertiary/aromatic N) is 3. The fourth-order valence-corrected chi connectivity index (χ4v) is 2.28. The van der Waals surface area contributed by atoms with Gasteiger partial charge in [0.1, 0.15) is 6.33 Å². The van der Waals surface area contributed by atoms with Crippen LogP contribution in [0.5, 0.6) is 6.01 Å². The summed E-state index contributed by atoms with van der Waals surface area (Å²) < 4.78 is 14.1. The molecule has 0 unspecified atom stereocenters. The molecule has 0 N–H and O–H groups in total. The molecule has 18 heavy (non-hydrogen) atoms. The van der Waals surface area contributed by atoms with Crippen LogP contribution in [0, 0.1) is 0 Å². The largest absolute Gasteiger partial charge is 0.447 e. The van der Waals surface area contributed by atoms with Gasteiger partial charge in [0.15, 0.2) is 5.60 Å². The van der Waals surface area contributed by atoms with Crippen molar-refractivity contribution in [2.24, 2.45) is 7.05 Å². The highest BCUT2D eigenvalue weighted by Gasteiger charge is 2.44. The highest BCUT2D eigenvalue weighted by Crippen LogP contribution is 2.35. The minimum Gasteiger partial charge on any atom is -0.447 e. The molecule has 0 atom stereocenters. The van der Waals surface area contributed by atoms with Crippen molar-refractivity contribution in [2.45, 2.75) is 5.60 Å². The average Bonchev–Trinajstić information content (AvgIpc) is 2.69. The van der Waals surface area contributed by atoms with E-state index in [4.69, 9.17) is 9.47 Å². The van der Waals surface area contributed by atoms with Gasteiger partial charge >= 0.3 is 6.01 Å². The first-order valence-corrected chi connectivity index (χ1v) is 6.36. The summed E-state index contributed by atoms with van der Waals surface area (Å²) >= 11 is 3.47. The lowest BCUT2D eigenvalue weighted by molar-refractivity contribution is -0.172. The van der Waals surface area contributed by atoms with Crippen molar-refractivity contribution in [3.8, 4) is 6.01 Å². The Labute approximate surface area is 113 Å². The summed E-state index contributed by atoms with van der Waals surface area (Å²) in [6.45, 7) is 1.05. The third-order valence-electron chi connectivity index (χ3n) is 2.98. The Balaban J connectivity index is 1.93. The van der Waals surface area contributed by atoms with Gasteiger partial charge in [0.2, 0.25) is 0 Å². The Bertz CT molecular complexity index is 566. The summed E-state index contributed by atoms with van der Waals surface area (Å²) in [6.07, 6.45) is 1.61. The molecule has 6 heteroatoms. The maximum atomic E-state index is 5.99. The number of aromatic nitrogens is 3. The van der Waals surface area contributed by atoms with Gasteiger partial charge < -0.3 is 9.47 Å². The number of hydrogen-bond acceptors (Lipinski definition) is 4. The molecule has 1 aromatic heterocycles. The van der Waals surface area contributed by atoms with Crippen LogP contribution in [0.4, 0.5) is 0 Å². The molecule has 2 aromatic rings. The molecule has 94 valence electrons. The normalized spacial score (nSPS) is 17.2. The van der Waals surface area contributed by atoms with Crippen molar-refractivity contribution in [2.75, 3.05) is 13.2 Å². The summed E-state index contributed by atoms with van der Waals surface area (Å²) in [5.74, 6) is 0. The summed E-state index contributed by atoms with van der Waals surface area (Å²) in [7, 11) is 1.85. The standard InChI is InChI=1S/C12H12BrN3O2/c1-16-8-14-15-11(16)18-12(6-17-7-12)9-3-2-4-10(13)5-9/h2-5,8H,6-7H2,1H3. The van der Waals surface area contributed by atoms with Gasteiger partial charge in [-0.3, -0.25) is 4.57 Å². The lowest BCUT2D eigenvalue weighted by Crippen LogP contribution is -2.51. The third-order valence-corrected chi connectivity index (χ3v) is 3.47. The molecule has 0 bridgehead atoms. The summed E-state index contributed by atoms with van der Waals surface area (Å²) in [4.78, 5) is 0. The molecule has 3 rings (SSSR count). The van der Waals surface area contributed by atoms with E-state index in [-0.39, 0.29) is 0 Å². The molecular formula is C12H12BrN3O2. The second-order valence-corrected chi connectivity index (χ2v) is 5.24. The molecule has 1 aliphatic rings. The minimum absolute atomic E-state index is 0.454. The van der Waals surface area contributed by atoms with Crippen LogP contribution in [0.15, 0.2) is 35.1 Å². The molecule has 0 radical (unpaired) electrons. The van der Waals surface area contributed by atoms with Crippen LogP contribution < -0.4 is 4.74 Å². The molecule has 2 heterocycles. The predicted molar refractivity (Wildman–Crippen MR) is 68.3 cm³/mol. The first kappa shape index (κ1) is 11.7. The highest BCUT2D eigenvalue weighted by atomic mass is 79.9. The summed E-state index contributed by atoms with van der Waals surface area (Å²) in [5, 5.41) is 7.77. The molecule has 0 spiro atoms. The van der Waals surface area contributed by atoms with Gasteiger partial charge in [0, 0.05) is 17.1 Å². The van der Waals surface area contributed by atoms with E-state index in [1.54, 1.807) is 10.9 Å². The first-order valence-electron chi connectivity index (χ1n) is 5.56. The van der Waals surface area contributed by atoms with Crippen molar-refractivity contribution in [3.05, 3.63) is 40.6 Å². The van der Waals surface area contributed by atoms with E-state index in [1.165, 1.54) is 0 Å². The van der Waals surface area contributed by atoms with Crippen molar-refractivity contribution in [3.63, 3.8) is 0 Å². The van der Waals surface area contributed by atoms with Gasteiger partial charge in [0.25, 0.3) is 0 Å². The third kappa shape index (κ3) is 1.91. The van der Waals surface area contributed by atoms with E-state index >= 15 is 0 Å². The van der Waals surface area contributed by atoms with Gasteiger partial charge in [-0.05, 0) is 12.1 Å². The number of ether oxygens (including phenoxy) is 2. The van der Waals surface area contributed by atoms with Crippen LogP contribution in [0.3, 0.4) is 0 Å². The number of aryl methyl sites for hydroxylation is 1. The van der Waals surface area contributed by atoms with Gasteiger partial charge in [-0.2, -0.15) is 0 Å². The van der Waals surface area contributed by atoms with Crippen LogP contribution in [0.1, 0.15) is 5.56 Å². The summed E-state index contributed by atoms with van der Waals surface area (Å²) in [5.41, 5.74) is 0.621. The molecule has 5 nitrogen and oxygen atoms in total. The van der Waals surface area contributed by atoms with Crippen molar-refractivity contribution < 1.29 is 9.47 Å². The van der Waals surface area contributed by atoms with Gasteiger partial charge in [-0.15, -0.1) is 5.10 Å².